The van der Waals surface area contributed by atoms with Crippen LogP contribution in [0.15, 0.2) is 55.1 Å². The molecule has 1 N–H and O–H groups in total. The number of halogens is 1. The summed E-state index contributed by atoms with van der Waals surface area (Å²) in [4.78, 5) is 16.0. The Morgan fingerprint density at radius 2 is 1.89 bits per heavy atom. The van der Waals surface area contributed by atoms with Gasteiger partial charge in [-0.3, -0.25) is 4.79 Å². The van der Waals surface area contributed by atoms with Gasteiger partial charge in [-0.05, 0) is 29.8 Å². The summed E-state index contributed by atoms with van der Waals surface area (Å²) in [6.45, 7) is 4.23. The first kappa shape index (κ1) is 13.3. The van der Waals surface area contributed by atoms with Gasteiger partial charge >= 0.3 is 0 Å². The minimum absolute atomic E-state index is 0.135. The van der Waals surface area contributed by atoms with Crippen molar-refractivity contribution in [3.05, 3.63) is 71.5 Å². The van der Waals surface area contributed by atoms with Crippen LogP contribution in [0.4, 0.5) is 0 Å². The maximum Gasteiger partial charge on any atom is 0.251 e. The first-order chi connectivity index (χ1) is 9.16. The van der Waals surface area contributed by atoms with E-state index in [1.54, 1.807) is 24.3 Å². The van der Waals surface area contributed by atoms with Crippen LogP contribution in [0.5, 0.6) is 0 Å². The first-order valence-corrected chi connectivity index (χ1v) is 6.18. The van der Waals surface area contributed by atoms with Crippen LogP contribution in [0.3, 0.4) is 0 Å². The molecule has 2 rings (SSSR count). The van der Waals surface area contributed by atoms with E-state index in [1.807, 2.05) is 24.3 Å². The fraction of sp³-hybridized carbons (Fsp3) is 0.0667. The highest BCUT2D eigenvalue weighted by Gasteiger charge is 2.06. The van der Waals surface area contributed by atoms with Gasteiger partial charge in [0.05, 0.1) is 5.69 Å². The molecule has 0 aliphatic rings. The largest absolute Gasteiger partial charge is 0.348 e. The van der Waals surface area contributed by atoms with E-state index in [0.717, 1.165) is 0 Å². The van der Waals surface area contributed by atoms with Crippen molar-refractivity contribution in [3.8, 4) is 0 Å². The molecule has 19 heavy (non-hydrogen) atoms. The van der Waals surface area contributed by atoms with Crippen molar-refractivity contribution in [2.24, 2.45) is 0 Å². The van der Waals surface area contributed by atoms with Crippen molar-refractivity contribution < 1.29 is 4.79 Å². The van der Waals surface area contributed by atoms with Gasteiger partial charge in [-0.2, -0.15) is 0 Å². The number of carbonyl (C=O) groups is 1. The Kier molecular flexibility index (Phi) is 4.31. The van der Waals surface area contributed by atoms with E-state index in [0.29, 0.717) is 28.5 Å². The zero-order chi connectivity index (χ0) is 13.7. The normalized spacial score (nSPS) is 9.95. The number of hydrogen-bond acceptors (Lipinski definition) is 2. The van der Waals surface area contributed by atoms with Crippen LogP contribution >= 0.6 is 11.6 Å². The number of nitrogens with one attached hydrogen (secondary N) is 1. The van der Waals surface area contributed by atoms with Crippen molar-refractivity contribution in [1.29, 1.82) is 0 Å². The molecule has 0 saturated carbocycles. The SMILES string of the molecule is C=C(CNC(=O)c1ccccc1)c1cccc(Cl)n1. The summed E-state index contributed by atoms with van der Waals surface area (Å²) in [5, 5.41) is 3.21. The van der Waals surface area contributed by atoms with Gasteiger partial charge in [0, 0.05) is 12.1 Å². The van der Waals surface area contributed by atoms with Gasteiger partial charge in [-0.15, -0.1) is 0 Å². The monoisotopic (exact) mass is 272 g/mol. The standard InChI is InChI=1S/C15H13ClN2O/c1-11(13-8-5-9-14(16)18-13)10-17-15(19)12-6-3-2-4-7-12/h2-9H,1,10H2,(H,17,19). The molecule has 0 fully saturated rings. The zero-order valence-electron chi connectivity index (χ0n) is 10.3. The molecule has 0 radical (unpaired) electrons. The van der Waals surface area contributed by atoms with E-state index >= 15 is 0 Å². The van der Waals surface area contributed by atoms with Crippen molar-refractivity contribution >= 4 is 23.1 Å². The number of rotatable bonds is 4. The molecule has 2 aromatic rings. The minimum atomic E-state index is -0.135. The number of amides is 1. The molecule has 0 saturated heterocycles. The summed E-state index contributed by atoms with van der Waals surface area (Å²) in [6, 6.07) is 14.3. The van der Waals surface area contributed by atoms with E-state index in [4.69, 9.17) is 11.6 Å². The minimum Gasteiger partial charge on any atom is -0.348 e. The van der Waals surface area contributed by atoms with Crippen molar-refractivity contribution in [1.82, 2.24) is 10.3 Å². The van der Waals surface area contributed by atoms with Gasteiger partial charge in [0.2, 0.25) is 0 Å². The highest BCUT2D eigenvalue weighted by molar-refractivity contribution is 6.29. The molecule has 0 aliphatic heterocycles. The number of nitrogens with zero attached hydrogens (tertiary/aromatic N) is 1. The molecule has 0 bridgehead atoms. The van der Waals surface area contributed by atoms with E-state index < -0.39 is 0 Å². The van der Waals surface area contributed by atoms with Crippen LogP contribution in [0, 0.1) is 0 Å². The molecule has 1 amide bonds. The molecule has 96 valence electrons. The van der Waals surface area contributed by atoms with Gasteiger partial charge in [-0.25, -0.2) is 4.98 Å². The topological polar surface area (TPSA) is 42.0 Å². The lowest BCUT2D eigenvalue weighted by atomic mass is 10.1. The fourth-order valence-corrected chi connectivity index (χ4v) is 1.74. The van der Waals surface area contributed by atoms with Crippen LogP contribution < -0.4 is 5.32 Å². The van der Waals surface area contributed by atoms with Crippen LogP contribution in [-0.4, -0.2) is 17.4 Å². The highest BCUT2D eigenvalue weighted by atomic mass is 35.5. The summed E-state index contributed by atoms with van der Waals surface area (Å²) in [7, 11) is 0. The third-order valence-electron chi connectivity index (χ3n) is 2.58. The summed E-state index contributed by atoms with van der Waals surface area (Å²) in [6.07, 6.45) is 0. The summed E-state index contributed by atoms with van der Waals surface area (Å²) < 4.78 is 0. The Hall–Kier alpha value is -2.13. The average molecular weight is 273 g/mol. The van der Waals surface area contributed by atoms with E-state index in [2.05, 4.69) is 16.9 Å². The molecule has 0 unspecified atom stereocenters. The molecule has 0 spiro atoms. The predicted molar refractivity (Wildman–Crippen MR) is 77.1 cm³/mol. The molecule has 1 aromatic heterocycles. The Morgan fingerprint density at radius 1 is 1.16 bits per heavy atom. The lowest BCUT2D eigenvalue weighted by Gasteiger charge is -2.07. The van der Waals surface area contributed by atoms with Crippen molar-refractivity contribution in [3.63, 3.8) is 0 Å². The maximum atomic E-state index is 11.8. The van der Waals surface area contributed by atoms with Gasteiger partial charge in [0.25, 0.3) is 5.91 Å². The van der Waals surface area contributed by atoms with E-state index in [9.17, 15) is 4.79 Å². The molecule has 0 aliphatic carbocycles. The molecule has 3 nitrogen and oxygen atoms in total. The van der Waals surface area contributed by atoms with Crippen LogP contribution in [-0.2, 0) is 0 Å². The summed E-state index contributed by atoms with van der Waals surface area (Å²) in [5.41, 5.74) is 2.02. The second-order valence-corrected chi connectivity index (χ2v) is 4.39. The maximum absolute atomic E-state index is 11.8. The quantitative estimate of drug-likeness (QED) is 0.869. The number of carbonyl (C=O) groups excluding carboxylic acids is 1. The molecular weight excluding hydrogens is 260 g/mol. The lowest BCUT2D eigenvalue weighted by Crippen LogP contribution is -2.25. The predicted octanol–water partition coefficient (Wildman–Crippen LogP) is 3.18. The van der Waals surface area contributed by atoms with E-state index in [-0.39, 0.29) is 5.91 Å². The fourth-order valence-electron chi connectivity index (χ4n) is 1.57. The number of pyridine rings is 1. The number of hydrogen-bond donors (Lipinski definition) is 1. The van der Waals surface area contributed by atoms with Crippen LogP contribution in [0.2, 0.25) is 5.15 Å². The first-order valence-electron chi connectivity index (χ1n) is 5.81. The van der Waals surface area contributed by atoms with Gasteiger partial charge in [0.1, 0.15) is 5.15 Å². The molecular formula is C15H13ClN2O. The third kappa shape index (κ3) is 3.66. The average Bonchev–Trinajstić information content (AvgIpc) is 2.45. The molecule has 0 atom stereocenters. The summed E-state index contributed by atoms with van der Waals surface area (Å²) in [5.74, 6) is -0.135. The molecule has 4 heteroatoms. The second-order valence-electron chi connectivity index (χ2n) is 4.00. The van der Waals surface area contributed by atoms with E-state index in [1.165, 1.54) is 0 Å². The Labute approximate surface area is 116 Å². The Balaban J connectivity index is 1.96. The lowest BCUT2D eigenvalue weighted by molar-refractivity contribution is 0.0958. The Bertz CT molecular complexity index is 596. The zero-order valence-corrected chi connectivity index (χ0v) is 11.0. The van der Waals surface area contributed by atoms with Gasteiger partial charge in [0.15, 0.2) is 0 Å². The van der Waals surface area contributed by atoms with Crippen molar-refractivity contribution in [2.45, 2.75) is 0 Å². The van der Waals surface area contributed by atoms with Crippen LogP contribution in [0.25, 0.3) is 5.57 Å². The smallest absolute Gasteiger partial charge is 0.251 e. The Morgan fingerprint density at radius 3 is 2.58 bits per heavy atom. The summed E-state index contributed by atoms with van der Waals surface area (Å²) >= 11 is 5.81. The second kappa shape index (κ2) is 6.16. The number of benzene rings is 1. The van der Waals surface area contributed by atoms with Gasteiger partial charge in [-0.1, -0.05) is 42.4 Å². The van der Waals surface area contributed by atoms with Crippen molar-refractivity contribution in [2.75, 3.05) is 6.54 Å². The van der Waals surface area contributed by atoms with Crippen LogP contribution in [0.1, 0.15) is 16.1 Å². The van der Waals surface area contributed by atoms with Gasteiger partial charge < -0.3 is 5.32 Å². The number of aromatic nitrogens is 1. The molecule has 1 heterocycles. The molecule has 1 aromatic carbocycles. The third-order valence-corrected chi connectivity index (χ3v) is 2.79. The highest BCUT2D eigenvalue weighted by Crippen LogP contribution is 2.12.